The van der Waals surface area contributed by atoms with E-state index in [1.807, 2.05) is 6.92 Å². The topological polar surface area (TPSA) is 49.4 Å². The molecule has 1 fully saturated rings. The molecule has 1 heterocycles. The Morgan fingerprint density at radius 2 is 2.21 bits per heavy atom. The van der Waals surface area contributed by atoms with Crippen molar-refractivity contribution in [1.29, 1.82) is 0 Å². The van der Waals surface area contributed by atoms with E-state index in [1.165, 1.54) is 6.07 Å². The lowest BCUT2D eigenvalue weighted by molar-refractivity contribution is -0.127. The van der Waals surface area contributed by atoms with Crippen molar-refractivity contribution in [3.8, 4) is 0 Å². The first-order valence-corrected chi connectivity index (χ1v) is 7.74. The number of amides is 1. The van der Waals surface area contributed by atoms with Gasteiger partial charge in [0.2, 0.25) is 5.91 Å². The molecular weight excluding hydrogens is 267 g/mol. The molecule has 0 bridgehead atoms. The van der Waals surface area contributed by atoms with Crippen molar-refractivity contribution < 1.29 is 13.4 Å². The van der Waals surface area contributed by atoms with Gasteiger partial charge in [0.15, 0.2) is 0 Å². The molecule has 2 unspecified atom stereocenters. The van der Waals surface area contributed by atoms with Gasteiger partial charge in [0.05, 0.1) is 6.54 Å². The van der Waals surface area contributed by atoms with Crippen LogP contribution < -0.4 is 5.32 Å². The van der Waals surface area contributed by atoms with Crippen LogP contribution >= 0.6 is 0 Å². The number of nitrogens with zero attached hydrogens (tertiary/aromatic N) is 1. The Bertz CT molecular complexity index is 495. The number of hydrogen-bond acceptors (Lipinski definition) is 3. The zero-order valence-corrected chi connectivity index (χ0v) is 11.6. The number of halogens is 1. The lowest BCUT2D eigenvalue weighted by atomic mass is 10.1. The Morgan fingerprint density at radius 1 is 1.47 bits per heavy atom. The highest BCUT2D eigenvalue weighted by molar-refractivity contribution is 7.84. The van der Waals surface area contributed by atoms with E-state index < -0.39 is 17.0 Å². The third kappa shape index (κ3) is 3.19. The standard InChI is InChI=1S/C13H17FN2O2S/c1-2-19(18)8-7-16-12(17)9-15-13(16)10-5-3-4-6-11(10)14/h3-6,13,15H,2,7-9H2,1H3. The number of hydrogen-bond donors (Lipinski definition) is 1. The highest BCUT2D eigenvalue weighted by atomic mass is 32.2. The molecule has 0 spiro atoms. The van der Waals surface area contributed by atoms with Gasteiger partial charge in [0, 0.05) is 34.4 Å². The maximum atomic E-state index is 13.8. The number of nitrogens with one attached hydrogen (secondary N) is 1. The normalized spacial score (nSPS) is 20.8. The molecule has 1 saturated heterocycles. The smallest absolute Gasteiger partial charge is 0.238 e. The zero-order valence-electron chi connectivity index (χ0n) is 10.8. The van der Waals surface area contributed by atoms with Crippen LogP contribution in [0, 0.1) is 5.82 Å². The second kappa shape index (κ2) is 6.25. The van der Waals surface area contributed by atoms with Gasteiger partial charge in [-0.3, -0.25) is 14.3 Å². The number of carbonyl (C=O) groups excluding carboxylic acids is 1. The summed E-state index contributed by atoms with van der Waals surface area (Å²) >= 11 is 0. The van der Waals surface area contributed by atoms with Gasteiger partial charge in [-0.25, -0.2) is 4.39 Å². The van der Waals surface area contributed by atoms with E-state index in [0.29, 0.717) is 23.6 Å². The van der Waals surface area contributed by atoms with Gasteiger partial charge in [-0.05, 0) is 6.07 Å². The van der Waals surface area contributed by atoms with Crippen molar-refractivity contribution in [2.75, 3.05) is 24.6 Å². The van der Waals surface area contributed by atoms with E-state index in [9.17, 15) is 13.4 Å². The zero-order chi connectivity index (χ0) is 13.8. The summed E-state index contributed by atoms with van der Waals surface area (Å²) in [5.41, 5.74) is 0.454. The van der Waals surface area contributed by atoms with Crippen molar-refractivity contribution in [3.05, 3.63) is 35.6 Å². The summed E-state index contributed by atoms with van der Waals surface area (Å²) in [6.45, 7) is 2.41. The van der Waals surface area contributed by atoms with Gasteiger partial charge in [-0.15, -0.1) is 0 Å². The minimum absolute atomic E-state index is 0.0821. The molecule has 1 N–H and O–H groups in total. The molecule has 2 rings (SSSR count). The molecule has 1 amide bonds. The van der Waals surface area contributed by atoms with Crippen molar-refractivity contribution in [2.24, 2.45) is 0 Å². The maximum absolute atomic E-state index is 13.8. The number of rotatable bonds is 5. The first kappa shape index (κ1) is 14.1. The number of benzene rings is 1. The summed E-state index contributed by atoms with van der Waals surface area (Å²) in [6.07, 6.45) is -0.456. The van der Waals surface area contributed by atoms with Crippen LogP contribution in [0.1, 0.15) is 18.7 Å². The first-order valence-electron chi connectivity index (χ1n) is 6.25. The van der Waals surface area contributed by atoms with Crippen LogP contribution in [0.3, 0.4) is 0 Å². The Morgan fingerprint density at radius 3 is 2.89 bits per heavy atom. The third-order valence-electron chi connectivity index (χ3n) is 3.16. The minimum atomic E-state index is -0.930. The van der Waals surface area contributed by atoms with E-state index in [0.717, 1.165) is 0 Å². The maximum Gasteiger partial charge on any atom is 0.238 e. The van der Waals surface area contributed by atoms with Crippen molar-refractivity contribution in [1.82, 2.24) is 10.2 Å². The fraction of sp³-hybridized carbons (Fsp3) is 0.462. The average molecular weight is 284 g/mol. The SMILES string of the molecule is CCS(=O)CCN1C(=O)CNC1c1ccccc1F. The highest BCUT2D eigenvalue weighted by Crippen LogP contribution is 2.24. The van der Waals surface area contributed by atoms with Crippen LogP contribution in [-0.2, 0) is 15.6 Å². The van der Waals surface area contributed by atoms with Crippen LogP contribution in [0.5, 0.6) is 0 Å². The second-order valence-electron chi connectivity index (χ2n) is 4.32. The molecule has 0 aromatic heterocycles. The number of carbonyl (C=O) groups is 1. The Hall–Kier alpha value is -1.27. The van der Waals surface area contributed by atoms with Crippen LogP contribution in [0.25, 0.3) is 0 Å². The van der Waals surface area contributed by atoms with Gasteiger partial charge < -0.3 is 4.90 Å². The third-order valence-corrected chi connectivity index (χ3v) is 4.44. The largest absolute Gasteiger partial charge is 0.321 e. The quantitative estimate of drug-likeness (QED) is 0.878. The van der Waals surface area contributed by atoms with E-state index >= 15 is 0 Å². The Labute approximate surface area is 114 Å². The van der Waals surface area contributed by atoms with Gasteiger partial charge >= 0.3 is 0 Å². The Kier molecular flexibility index (Phi) is 4.66. The Balaban J connectivity index is 2.13. The first-order chi connectivity index (χ1) is 9.13. The summed E-state index contributed by atoms with van der Waals surface area (Å²) in [4.78, 5) is 13.4. The second-order valence-corrected chi connectivity index (χ2v) is 6.19. The molecule has 0 aliphatic carbocycles. The van der Waals surface area contributed by atoms with Crippen LogP contribution in [-0.4, -0.2) is 39.6 Å². The van der Waals surface area contributed by atoms with Gasteiger partial charge in [0.25, 0.3) is 0 Å². The average Bonchev–Trinajstić information content (AvgIpc) is 2.78. The molecule has 1 aliphatic rings. The van der Waals surface area contributed by atoms with Gasteiger partial charge in [-0.2, -0.15) is 0 Å². The molecule has 1 aliphatic heterocycles. The van der Waals surface area contributed by atoms with Crippen LogP contribution in [0.2, 0.25) is 0 Å². The summed E-state index contributed by atoms with van der Waals surface area (Å²) in [5, 5.41) is 2.99. The van der Waals surface area contributed by atoms with Crippen molar-refractivity contribution in [2.45, 2.75) is 13.1 Å². The molecule has 19 heavy (non-hydrogen) atoms. The molecule has 6 heteroatoms. The molecule has 1 aromatic carbocycles. The summed E-state index contributed by atoms with van der Waals surface area (Å²) in [5.74, 6) is 0.576. The van der Waals surface area contributed by atoms with Gasteiger partial charge in [-0.1, -0.05) is 25.1 Å². The fourth-order valence-electron chi connectivity index (χ4n) is 2.11. The fourth-order valence-corrected chi connectivity index (χ4v) is 2.80. The van der Waals surface area contributed by atoms with Gasteiger partial charge in [0.1, 0.15) is 12.0 Å². The van der Waals surface area contributed by atoms with Crippen molar-refractivity contribution >= 4 is 16.7 Å². The lowest BCUT2D eigenvalue weighted by Crippen LogP contribution is -2.34. The molecule has 0 radical (unpaired) electrons. The summed E-state index contributed by atoms with van der Waals surface area (Å²) in [6, 6.07) is 6.40. The minimum Gasteiger partial charge on any atom is -0.321 e. The van der Waals surface area contributed by atoms with Crippen LogP contribution in [0.4, 0.5) is 4.39 Å². The molecule has 4 nitrogen and oxygen atoms in total. The monoisotopic (exact) mass is 284 g/mol. The molecule has 2 atom stereocenters. The van der Waals surface area contributed by atoms with Crippen molar-refractivity contribution in [3.63, 3.8) is 0 Å². The van der Waals surface area contributed by atoms with E-state index in [2.05, 4.69) is 5.32 Å². The van der Waals surface area contributed by atoms with E-state index in [-0.39, 0.29) is 18.3 Å². The highest BCUT2D eigenvalue weighted by Gasteiger charge is 2.32. The van der Waals surface area contributed by atoms with E-state index in [4.69, 9.17) is 0 Å². The predicted molar refractivity (Wildman–Crippen MR) is 72.4 cm³/mol. The molecule has 104 valence electrons. The summed E-state index contributed by atoms with van der Waals surface area (Å²) < 4.78 is 25.2. The van der Waals surface area contributed by atoms with E-state index in [1.54, 1.807) is 23.1 Å². The van der Waals surface area contributed by atoms with Crippen LogP contribution in [0.15, 0.2) is 24.3 Å². The summed E-state index contributed by atoms with van der Waals surface area (Å²) in [7, 11) is -0.930. The predicted octanol–water partition coefficient (Wildman–Crippen LogP) is 1.02. The molecule has 1 aromatic rings. The molecule has 0 saturated carbocycles. The lowest BCUT2D eigenvalue weighted by Gasteiger charge is -2.24. The molecular formula is C13H17FN2O2S.